The van der Waals surface area contributed by atoms with Gasteiger partial charge in [-0.05, 0) is 73.8 Å². The van der Waals surface area contributed by atoms with Crippen LogP contribution in [0.15, 0.2) is 11.6 Å². The van der Waals surface area contributed by atoms with Gasteiger partial charge in [0, 0.05) is 31.0 Å². The number of fused-ring (bicyclic) bond motifs is 5. The van der Waals surface area contributed by atoms with Crippen LogP contribution in [0.4, 0.5) is 0 Å². The molecule has 1 aliphatic heterocycles. The number of carbonyl (C=O) groups is 1. The van der Waals surface area contributed by atoms with Crippen molar-refractivity contribution in [1.29, 1.82) is 0 Å². The molecule has 0 radical (unpaired) electrons. The van der Waals surface area contributed by atoms with Crippen molar-refractivity contribution in [2.75, 3.05) is 19.6 Å². The van der Waals surface area contributed by atoms with E-state index in [9.17, 15) is 30.3 Å². The van der Waals surface area contributed by atoms with Crippen LogP contribution < -0.4 is 0 Å². The summed E-state index contributed by atoms with van der Waals surface area (Å²) in [5.41, 5.74) is -1.34. The molecule has 5 rings (SSSR count). The van der Waals surface area contributed by atoms with Crippen LogP contribution in [0.25, 0.3) is 0 Å². The van der Waals surface area contributed by atoms with Crippen LogP contribution in [-0.4, -0.2) is 85.9 Å². The lowest BCUT2D eigenvalue weighted by molar-refractivity contribution is -0.155. The van der Waals surface area contributed by atoms with Crippen LogP contribution in [0, 0.1) is 28.6 Å². The molecule has 4 unspecified atom stereocenters. The van der Waals surface area contributed by atoms with E-state index in [0.717, 1.165) is 31.4 Å². The molecule has 7 nitrogen and oxygen atoms in total. The van der Waals surface area contributed by atoms with Crippen LogP contribution in [0.2, 0.25) is 0 Å². The van der Waals surface area contributed by atoms with E-state index in [2.05, 4.69) is 11.8 Å². The van der Waals surface area contributed by atoms with E-state index < -0.39 is 34.7 Å². The Labute approximate surface area is 190 Å². The minimum atomic E-state index is -1.14. The van der Waals surface area contributed by atoms with Gasteiger partial charge in [0.05, 0.1) is 30.0 Å². The van der Waals surface area contributed by atoms with Gasteiger partial charge in [-0.1, -0.05) is 13.8 Å². The highest BCUT2D eigenvalue weighted by Crippen LogP contribution is 2.67. The van der Waals surface area contributed by atoms with Gasteiger partial charge < -0.3 is 25.5 Å². The SMILES string of the molecule is C[C@]12C[C@H](O)[C@H](O)C[C@H]1C(=O)C=C1C2CC[C@]2(C)C(C(O)CN3CCC(O)C3)CC[C@@]12O. The van der Waals surface area contributed by atoms with Crippen LogP contribution in [-0.2, 0) is 4.79 Å². The van der Waals surface area contributed by atoms with Crippen LogP contribution in [0.3, 0.4) is 0 Å². The number of carbonyl (C=O) groups excluding carboxylic acids is 1. The van der Waals surface area contributed by atoms with E-state index in [0.29, 0.717) is 32.4 Å². The third-order valence-corrected chi connectivity index (χ3v) is 10.3. The van der Waals surface area contributed by atoms with Crippen molar-refractivity contribution in [3.8, 4) is 0 Å². The van der Waals surface area contributed by atoms with Crippen molar-refractivity contribution in [2.45, 2.75) is 88.8 Å². The molecule has 5 N–H and O–H groups in total. The average Bonchev–Trinajstić information content (AvgIpc) is 3.24. The van der Waals surface area contributed by atoms with E-state index in [1.54, 1.807) is 6.08 Å². The summed E-state index contributed by atoms with van der Waals surface area (Å²) in [6.07, 6.45) is 3.16. The van der Waals surface area contributed by atoms with Crippen molar-refractivity contribution in [2.24, 2.45) is 28.6 Å². The fourth-order valence-electron chi connectivity index (χ4n) is 8.40. The second-order valence-electron chi connectivity index (χ2n) is 11.9. The Morgan fingerprint density at radius 2 is 1.84 bits per heavy atom. The topological polar surface area (TPSA) is 121 Å². The zero-order valence-electron chi connectivity index (χ0n) is 19.3. The third kappa shape index (κ3) is 3.12. The van der Waals surface area contributed by atoms with Crippen LogP contribution >= 0.6 is 0 Å². The molecular formula is C25H39NO6. The summed E-state index contributed by atoms with van der Waals surface area (Å²) < 4.78 is 0. The van der Waals surface area contributed by atoms with Gasteiger partial charge in [0.25, 0.3) is 0 Å². The van der Waals surface area contributed by atoms with E-state index in [4.69, 9.17) is 0 Å². The Morgan fingerprint density at radius 1 is 1.09 bits per heavy atom. The number of β-amino-alcohol motifs (C(OH)–C–C–N with tert-alkyl or cyclic N) is 2. The molecule has 0 spiro atoms. The van der Waals surface area contributed by atoms with Gasteiger partial charge in [0.1, 0.15) is 0 Å². The lowest BCUT2D eigenvalue weighted by Crippen LogP contribution is -2.61. The van der Waals surface area contributed by atoms with Crippen molar-refractivity contribution >= 4 is 5.78 Å². The van der Waals surface area contributed by atoms with Gasteiger partial charge in [-0.25, -0.2) is 0 Å². The van der Waals surface area contributed by atoms with Gasteiger partial charge in [-0.15, -0.1) is 0 Å². The van der Waals surface area contributed by atoms with Crippen LogP contribution in [0.5, 0.6) is 0 Å². The molecule has 32 heavy (non-hydrogen) atoms. The highest BCUT2D eigenvalue weighted by molar-refractivity contribution is 5.95. The molecule has 7 heteroatoms. The molecule has 5 aliphatic rings. The first-order valence-electron chi connectivity index (χ1n) is 12.4. The van der Waals surface area contributed by atoms with Crippen molar-refractivity contribution in [3.63, 3.8) is 0 Å². The van der Waals surface area contributed by atoms with Crippen LogP contribution in [0.1, 0.15) is 58.8 Å². The summed E-state index contributed by atoms with van der Waals surface area (Å²) in [6, 6.07) is 0. The zero-order chi connectivity index (χ0) is 23.1. The lowest BCUT2D eigenvalue weighted by Gasteiger charge is -2.60. The Kier molecular flexibility index (Phi) is 5.44. The molecule has 0 aromatic carbocycles. The predicted molar refractivity (Wildman–Crippen MR) is 118 cm³/mol. The van der Waals surface area contributed by atoms with E-state index in [1.165, 1.54) is 0 Å². The summed E-state index contributed by atoms with van der Waals surface area (Å²) in [5, 5.41) is 53.8. The second-order valence-corrected chi connectivity index (χ2v) is 11.9. The molecule has 4 fully saturated rings. The number of likely N-dealkylation sites (tertiary alicyclic amines) is 1. The monoisotopic (exact) mass is 449 g/mol. The number of aliphatic hydroxyl groups excluding tert-OH is 4. The number of nitrogens with zero attached hydrogens (tertiary/aromatic N) is 1. The normalized spacial score (nSPS) is 52.2. The molecule has 0 aromatic heterocycles. The average molecular weight is 450 g/mol. The highest BCUT2D eigenvalue weighted by Gasteiger charge is 2.67. The Bertz CT molecular complexity index is 816. The maximum atomic E-state index is 13.2. The molecule has 3 saturated carbocycles. The zero-order valence-corrected chi connectivity index (χ0v) is 19.3. The van der Waals surface area contributed by atoms with Gasteiger partial charge in [0.15, 0.2) is 5.78 Å². The molecule has 1 heterocycles. The maximum Gasteiger partial charge on any atom is 0.159 e. The number of hydrogen-bond acceptors (Lipinski definition) is 7. The summed E-state index contributed by atoms with van der Waals surface area (Å²) >= 11 is 0. The second kappa shape index (κ2) is 7.59. The van der Waals surface area contributed by atoms with Gasteiger partial charge >= 0.3 is 0 Å². The molecular weight excluding hydrogens is 410 g/mol. The molecule has 0 aromatic rings. The van der Waals surface area contributed by atoms with Crippen molar-refractivity contribution in [1.82, 2.24) is 4.90 Å². The van der Waals surface area contributed by atoms with E-state index in [-0.39, 0.29) is 36.1 Å². The number of allylic oxidation sites excluding steroid dienone is 1. The predicted octanol–water partition coefficient (Wildman–Crippen LogP) is 0.618. The summed E-state index contributed by atoms with van der Waals surface area (Å²) in [6.45, 7) is 5.98. The molecule has 0 amide bonds. The quantitative estimate of drug-likeness (QED) is 0.428. The summed E-state index contributed by atoms with van der Waals surface area (Å²) in [7, 11) is 0. The first kappa shape index (κ1) is 22.9. The molecule has 10 atom stereocenters. The summed E-state index contributed by atoms with van der Waals surface area (Å²) in [5.74, 6) is -0.453. The fraction of sp³-hybridized carbons (Fsp3) is 0.880. The molecule has 1 saturated heterocycles. The lowest BCUT2D eigenvalue weighted by atomic mass is 9.46. The van der Waals surface area contributed by atoms with E-state index in [1.807, 2.05) is 6.92 Å². The number of aliphatic hydroxyl groups is 5. The van der Waals surface area contributed by atoms with Gasteiger partial charge in [-0.2, -0.15) is 0 Å². The highest BCUT2D eigenvalue weighted by atomic mass is 16.3. The Morgan fingerprint density at radius 3 is 2.53 bits per heavy atom. The van der Waals surface area contributed by atoms with Gasteiger partial charge in [0.2, 0.25) is 0 Å². The first-order valence-corrected chi connectivity index (χ1v) is 12.4. The fourth-order valence-corrected chi connectivity index (χ4v) is 8.40. The maximum absolute atomic E-state index is 13.2. The minimum absolute atomic E-state index is 0.00459. The smallest absolute Gasteiger partial charge is 0.159 e. The number of ketones is 1. The third-order valence-electron chi connectivity index (χ3n) is 10.3. The Balaban J connectivity index is 1.43. The largest absolute Gasteiger partial charge is 0.392 e. The molecule has 4 aliphatic carbocycles. The standard InChI is InChI=1S/C25H39NO6/c1-23-11-21(30)20(29)10-18(23)19(28)9-17-15(23)3-6-24(2)16(4-7-25(17,24)32)22(31)13-26-8-5-14(27)12-26/h9,14-16,18,20-22,27,29-32H,3-8,10-13H2,1-2H3/t14?,15?,16?,18-,20+,21-,22?,23+,24+,25+/m0/s1. The van der Waals surface area contributed by atoms with Crippen molar-refractivity contribution in [3.05, 3.63) is 11.6 Å². The summed E-state index contributed by atoms with van der Waals surface area (Å²) in [4.78, 5) is 15.3. The molecule has 180 valence electrons. The Hall–Kier alpha value is -0.830. The first-order chi connectivity index (χ1) is 15.0. The number of hydrogen-bond donors (Lipinski definition) is 5. The number of rotatable bonds is 3. The van der Waals surface area contributed by atoms with E-state index >= 15 is 0 Å². The van der Waals surface area contributed by atoms with Crippen molar-refractivity contribution < 1.29 is 30.3 Å². The minimum Gasteiger partial charge on any atom is -0.392 e. The van der Waals surface area contributed by atoms with Gasteiger partial charge in [-0.3, -0.25) is 9.69 Å². The molecule has 0 bridgehead atoms.